The summed E-state index contributed by atoms with van der Waals surface area (Å²) in [4.78, 5) is 12.1. The van der Waals surface area contributed by atoms with Crippen LogP contribution in [0.1, 0.15) is 10.4 Å². The van der Waals surface area contributed by atoms with Gasteiger partial charge in [-0.2, -0.15) is 0 Å². The average molecular weight is 342 g/mol. The van der Waals surface area contributed by atoms with Crippen LogP contribution in [-0.4, -0.2) is 13.0 Å². The summed E-state index contributed by atoms with van der Waals surface area (Å²) in [6.07, 6.45) is 0. The Kier molecular flexibility index (Phi) is 4.34. The highest BCUT2D eigenvalue weighted by atomic mass is 79.9. The summed E-state index contributed by atoms with van der Waals surface area (Å²) in [5.74, 6) is -1.63. The van der Waals surface area contributed by atoms with Crippen molar-refractivity contribution in [1.29, 1.82) is 0 Å². The third-order valence-electron chi connectivity index (χ3n) is 2.61. The smallest absolute Gasteiger partial charge is 0.259 e. The lowest BCUT2D eigenvalue weighted by Crippen LogP contribution is -2.14. The number of carbonyl (C=O) groups is 1. The van der Waals surface area contributed by atoms with Crippen LogP contribution in [0.2, 0.25) is 0 Å². The van der Waals surface area contributed by atoms with Crippen molar-refractivity contribution in [3.8, 4) is 5.75 Å². The number of methoxy groups -OCH3 is 1. The Morgan fingerprint density at radius 1 is 1.20 bits per heavy atom. The summed E-state index contributed by atoms with van der Waals surface area (Å²) < 4.78 is 32.0. The largest absolute Gasteiger partial charge is 0.496 e. The minimum Gasteiger partial charge on any atom is -0.496 e. The van der Waals surface area contributed by atoms with E-state index in [1.165, 1.54) is 13.2 Å². The monoisotopic (exact) mass is 341 g/mol. The fourth-order valence-electron chi connectivity index (χ4n) is 1.64. The number of benzene rings is 2. The molecule has 0 unspecified atom stereocenters. The first-order chi connectivity index (χ1) is 9.52. The van der Waals surface area contributed by atoms with E-state index in [1.54, 1.807) is 18.2 Å². The van der Waals surface area contributed by atoms with Gasteiger partial charge in [-0.05, 0) is 34.1 Å². The van der Waals surface area contributed by atoms with Gasteiger partial charge in [-0.3, -0.25) is 4.79 Å². The van der Waals surface area contributed by atoms with E-state index in [1.807, 2.05) is 0 Å². The number of nitrogens with one attached hydrogen (secondary N) is 1. The van der Waals surface area contributed by atoms with Crippen LogP contribution in [0, 0.1) is 11.6 Å². The van der Waals surface area contributed by atoms with Crippen LogP contribution in [0.3, 0.4) is 0 Å². The molecule has 0 atom stereocenters. The molecule has 20 heavy (non-hydrogen) atoms. The lowest BCUT2D eigenvalue weighted by Gasteiger charge is -2.10. The third kappa shape index (κ3) is 2.96. The van der Waals surface area contributed by atoms with E-state index in [-0.39, 0.29) is 15.7 Å². The van der Waals surface area contributed by atoms with Gasteiger partial charge in [-0.25, -0.2) is 8.78 Å². The van der Waals surface area contributed by atoms with Crippen LogP contribution in [0.15, 0.2) is 40.9 Å². The van der Waals surface area contributed by atoms with Gasteiger partial charge in [0.2, 0.25) is 0 Å². The quantitative estimate of drug-likeness (QED) is 0.857. The lowest BCUT2D eigenvalue weighted by molar-refractivity contribution is 0.102. The molecule has 0 aliphatic carbocycles. The fraction of sp³-hybridized carbons (Fsp3) is 0.0714. The van der Waals surface area contributed by atoms with Crippen LogP contribution >= 0.6 is 15.9 Å². The SMILES string of the molecule is COc1ccccc1C(=O)Nc1cc(F)c(Br)cc1F. The van der Waals surface area contributed by atoms with Gasteiger partial charge >= 0.3 is 0 Å². The van der Waals surface area contributed by atoms with Crippen LogP contribution < -0.4 is 10.1 Å². The van der Waals surface area contributed by atoms with Gasteiger partial charge in [-0.15, -0.1) is 0 Å². The fourth-order valence-corrected chi connectivity index (χ4v) is 1.96. The zero-order valence-electron chi connectivity index (χ0n) is 10.4. The van der Waals surface area contributed by atoms with Crippen LogP contribution in [0.4, 0.5) is 14.5 Å². The molecule has 0 saturated carbocycles. The van der Waals surface area contributed by atoms with Crippen molar-refractivity contribution < 1.29 is 18.3 Å². The summed E-state index contributed by atoms with van der Waals surface area (Å²) in [5, 5.41) is 2.31. The molecule has 0 radical (unpaired) electrons. The van der Waals surface area contributed by atoms with Crippen molar-refractivity contribution in [3.63, 3.8) is 0 Å². The summed E-state index contributed by atoms with van der Waals surface area (Å²) in [5.41, 5.74) is -0.000618. The third-order valence-corrected chi connectivity index (χ3v) is 3.22. The Balaban J connectivity index is 2.30. The summed E-state index contributed by atoms with van der Waals surface area (Å²) in [6, 6.07) is 8.35. The highest BCUT2D eigenvalue weighted by molar-refractivity contribution is 9.10. The lowest BCUT2D eigenvalue weighted by atomic mass is 10.2. The molecule has 0 aromatic heterocycles. The molecule has 1 amide bonds. The number of amides is 1. The Bertz CT molecular complexity index is 662. The zero-order valence-corrected chi connectivity index (χ0v) is 12.0. The van der Waals surface area contributed by atoms with Crippen molar-refractivity contribution in [2.45, 2.75) is 0 Å². The molecule has 2 rings (SSSR count). The highest BCUT2D eigenvalue weighted by Gasteiger charge is 2.15. The number of anilines is 1. The molecule has 1 N–H and O–H groups in total. The van der Waals surface area contributed by atoms with Gasteiger partial charge in [-0.1, -0.05) is 12.1 Å². The highest BCUT2D eigenvalue weighted by Crippen LogP contribution is 2.25. The number of ether oxygens (including phenoxy) is 1. The molecule has 3 nitrogen and oxygen atoms in total. The predicted octanol–water partition coefficient (Wildman–Crippen LogP) is 3.99. The second-order valence-corrected chi connectivity index (χ2v) is 4.75. The van der Waals surface area contributed by atoms with Crippen molar-refractivity contribution in [3.05, 3.63) is 58.1 Å². The van der Waals surface area contributed by atoms with E-state index < -0.39 is 17.5 Å². The predicted molar refractivity (Wildman–Crippen MR) is 75.0 cm³/mol. The number of halogens is 3. The molecule has 0 spiro atoms. The minimum absolute atomic E-state index is 0.00899. The van der Waals surface area contributed by atoms with Crippen molar-refractivity contribution in [2.24, 2.45) is 0 Å². The second kappa shape index (κ2) is 6.00. The van der Waals surface area contributed by atoms with E-state index in [9.17, 15) is 13.6 Å². The molecule has 0 bridgehead atoms. The minimum atomic E-state index is -0.735. The van der Waals surface area contributed by atoms with E-state index in [0.717, 1.165) is 12.1 Å². The molecular formula is C14H10BrF2NO2. The van der Waals surface area contributed by atoms with E-state index in [0.29, 0.717) is 5.75 Å². The molecule has 0 saturated heterocycles. The Hall–Kier alpha value is -1.95. The first kappa shape index (κ1) is 14.5. The summed E-state index contributed by atoms with van der Waals surface area (Å²) in [6.45, 7) is 0. The van der Waals surface area contributed by atoms with E-state index in [2.05, 4.69) is 21.2 Å². The number of rotatable bonds is 3. The van der Waals surface area contributed by atoms with Gasteiger partial charge in [0.25, 0.3) is 5.91 Å². The molecule has 2 aromatic carbocycles. The molecule has 0 fully saturated rings. The standard InChI is InChI=1S/C14H10BrF2NO2/c1-20-13-5-3-2-4-8(13)14(19)18-12-7-10(16)9(15)6-11(12)17/h2-7H,1H3,(H,18,19). The Morgan fingerprint density at radius 3 is 2.60 bits per heavy atom. The summed E-state index contributed by atoms with van der Waals surface area (Å²) >= 11 is 2.87. The van der Waals surface area contributed by atoms with E-state index >= 15 is 0 Å². The Labute approximate surface area is 122 Å². The molecule has 0 aliphatic rings. The van der Waals surface area contributed by atoms with Gasteiger partial charge in [0.05, 0.1) is 22.8 Å². The van der Waals surface area contributed by atoms with Crippen molar-refractivity contribution in [2.75, 3.05) is 12.4 Å². The first-order valence-corrected chi connectivity index (χ1v) is 6.41. The van der Waals surface area contributed by atoms with Gasteiger partial charge in [0, 0.05) is 6.07 Å². The maximum Gasteiger partial charge on any atom is 0.259 e. The number of para-hydroxylation sites is 1. The molecular weight excluding hydrogens is 332 g/mol. The van der Waals surface area contributed by atoms with Gasteiger partial charge in [0.1, 0.15) is 17.4 Å². The Morgan fingerprint density at radius 2 is 1.90 bits per heavy atom. The molecule has 0 heterocycles. The van der Waals surface area contributed by atoms with Crippen LogP contribution in [-0.2, 0) is 0 Å². The summed E-state index contributed by atoms with van der Waals surface area (Å²) in [7, 11) is 1.42. The maximum atomic E-state index is 13.6. The molecule has 104 valence electrons. The molecule has 6 heteroatoms. The van der Waals surface area contributed by atoms with Gasteiger partial charge < -0.3 is 10.1 Å². The van der Waals surface area contributed by atoms with Crippen molar-refractivity contribution >= 4 is 27.5 Å². The van der Waals surface area contributed by atoms with Crippen LogP contribution in [0.25, 0.3) is 0 Å². The zero-order chi connectivity index (χ0) is 14.7. The molecule has 0 aliphatic heterocycles. The number of hydrogen-bond donors (Lipinski definition) is 1. The number of hydrogen-bond acceptors (Lipinski definition) is 2. The topological polar surface area (TPSA) is 38.3 Å². The normalized spacial score (nSPS) is 10.2. The maximum absolute atomic E-state index is 13.6. The first-order valence-electron chi connectivity index (χ1n) is 5.62. The van der Waals surface area contributed by atoms with Gasteiger partial charge in [0.15, 0.2) is 0 Å². The molecule has 2 aromatic rings. The second-order valence-electron chi connectivity index (χ2n) is 3.90. The average Bonchev–Trinajstić information content (AvgIpc) is 2.44. The number of carbonyl (C=O) groups excluding carboxylic acids is 1. The van der Waals surface area contributed by atoms with E-state index in [4.69, 9.17) is 4.74 Å². The van der Waals surface area contributed by atoms with Crippen LogP contribution in [0.5, 0.6) is 5.75 Å². The van der Waals surface area contributed by atoms with Crippen molar-refractivity contribution in [1.82, 2.24) is 0 Å².